The summed E-state index contributed by atoms with van der Waals surface area (Å²) in [5.74, 6) is 0.908. The first-order chi connectivity index (χ1) is 6.26. The molecule has 0 radical (unpaired) electrons. The van der Waals surface area contributed by atoms with Crippen LogP contribution in [-0.4, -0.2) is 24.5 Å². The summed E-state index contributed by atoms with van der Waals surface area (Å²) >= 11 is 3.40. The second-order valence-electron chi connectivity index (χ2n) is 2.98. The van der Waals surface area contributed by atoms with Crippen molar-refractivity contribution in [1.29, 1.82) is 0 Å². The fourth-order valence-electron chi connectivity index (χ4n) is 1.08. The Kier molecular flexibility index (Phi) is 4.25. The second kappa shape index (κ2) is 5.25. The molecule has 0 saturated carbocycles. The zero-order chi connectivity index (χ0) is 9.68. The lowest BCUT2D eigenvalue weighted by Gasteiger charge is -2.12. The summed E-state index contributed by atoms with van der Waals surface area (Å²) in [4.78, 5) is 2.18. The number of benzene rings is 1. The summed E-state index contributed by atoms with van der Waals surface area (Å²) in [6, 6.07) is 8.13. The summed E-state index contributed by atoms with van der Waals surface area (Å²) in [6.45, 7) is 0.954. The molecule has 0 bridgehead atoms. The van der Waals surface area contributed by atoms with Gasteiger partial charge >= 0.3 is 0 Å². The van der Waals surface area contributed by atoms with Crippen molar-refractivity contribution in [2.75, 3.05) is 19.6 Å². The quantitative estimate of drug-likeness (QED) is 0.596. The summed E-state index contributed by atoms with van der Waals surface area (Å²) < 4.78 is 5.08. The highest BCUT2D eigenvalue weighted by Crippen LogP contribution is 2.12. The van der Waals surface area contributed by atoms with E-state index in [1.54, 1.807) is 7.11 Å². The number of nitrogens with zero attached hydrogens (tertiary/aromatic N) is 1. The molecule has 2 nitrogen and oxygen atoms in total. The van der Waals surface area contributed by atoms with Gasteiger partial charge in [-0.05, 0) is 24.7 Å². The molecule has 0 amide bonds. The number of alkyl halides is 1. The molecule has 3 heteroatoms. The lowest BCUT2D eigenvalue weighted by molar-refractivity contribution is 0.388. The summed E-state index contributed by atoms with van der Waals surface area (Å²) in [5, 5.41) is 0. The van der Waals surface area contributed by atoms with Gasteiger partial charge < -0.3 is 4.74 Å². The van der Waals surface area contributed by atoms with Gasteiger partial charge in [0, 0.05) is 6.54 Å². The molecule has 13 heavy (non-hydrogen) atoms. The first kappa shape index (κ1) is 10.5. The molecule has 0 saturated heterocycles. The van der Waals surface area contributed by atoms with Gasteiger partial charge in [-0.15, -0.1) is 0 Å². The van der Waals surface area contributed by atoms with Crippen LogP contribution in [0.2, 0.25) is 0 Å². The number of hydrogen-bond donors (Lipinski definition) is 0. The van der Waals surface area contributed by atoms with Crippen LogP contribution in [-0.2, 0) is 6.54 Å². The Morgan fingerprint density at radius 3 is 2.38 bits per heavy atom. The van der Waals surface area contributed by atoms with E-state index in [9.17, 15) is 0 Å². The van der Waals surface area contributed by atoms with Crippen molar-refractivity contribution >= 4 is 15.9 Å². The van der Waals surface area contributed by atoms with Crippen molar-refractivity contribution in [2.45, 2.75) is 6.54 Å². The molecule has 0 aliphatic carbocycles. The van der Waals surface area contributed by atoms with Gasteiger partial charge in [-0.2, -0.15) is 0 Å². The Bertz CT molecular complexity index is 248. The monoisotopic (exact) mass is 243 g/mol. The molecule has 0 heterocycles. The first-order valence-electron chi connectivity index (χ1n) is 4.13. The van der Waals surface area contributed by atoms with Gasteiger partial charge in [-0.3, -0.25) is 4.90 Å². The van der Waals surface area contributed by atoms with E-state index in [2.05, 4.69) is 40.0 Å². The molecule has 0 atom stereocenters. The number of methoxy groups -OCH3 is 1. The predicted octanol–water partition coefficient (Wildman–Crippen LogP) is 2.48. The Hall–Kier alpha value is -0.540. The predicted molar refractivity (Wildman–Crippen MR) is 58.3 cm³/mol. The van der Waals surface area contributed by atoms with Crippen LogP contribution in [0.1, 0.15) is 5.56 Å². The van der Waals surface area contributed by atoms with Crippen molar-refractivity contribution in [3.05, 3.63) is 29.8 Å². The minimum atomic E-state index is 0.888. The third-order valence-corrected chi connectivity index (χ3v) is 2.67. The molecular formula is C10H14BrNO. The van der Waals surface area contributed by atoms with Crippen LogP contribution < -0.4 is 4.74 Å². The Labute approximate surface area is 87.6 Å². The molecule has 72 valence electrons. The average Bonchev–Trinajstić information content (AvgIpc) is 2.19. The molecule has 1 rings (SSSR count). The van der Waals surface area contributed by atoms with Gasteiger partial charge in [-0.25, -0.2) is 0 Å². The van der Waals surface area contributed by atoms with Gasteiger partial charge in [0.15, 0.2) is 0 Å². The number of rotatable bonds is 4. The van der Waals surface area contributed by atoms with E-state index in [-0.39, 0.29) is 0 Å². The number of hydrogen-bond acceptors (Lipinski definition) is 2. The van der Waals surface area contributed by atoms with Crippen LogP contribution in [0, 0.1) is 0 Å². The van der Waals surface area contributed by atoms with Crippen molar-refractivity contribution in [3.63, 3.8) is 0 Å². The van der Waals surface area contributed by atoms with Crippen LogP contribution in [0.25, 0.3) is 0 Å². The maximum Gasteiger partial charge on any atom is 0.118 e. The summed E-state index contributed by atoms with van der Waals surface area (Å²) in [6.07, 6.45) is 0. The molecule has 1 aromatic carbocycles. The Balaban J connectivity index is 2.58. The van der Waals surface area contributed by atoms with Crippen LogP contribution >= 0.6 is 15.9 Å². The van der Waals surface area contributed by atoms with E-state index in [1.165, 1.54) is 5.56 Å². The lowest BCUT2D eigenvalue weighted by Crippen LogP contribution is -2.14. The van der Waals surface area contributed by atoms with E-state index < -0.39 is 0 Å². The summed E-state index contributed by atoms with van der Waals surface area (Å²) in [7, 11) is 3.75. The van der Waals surface area contributed by atoms with Crippen molar-refractivity contribution < 1.29 is 4.74 Å². The normalized spacial score (nSPS) is 10.5. The number of halogens is 1. The maximum atomic E-state index is 5.08. The highest BCUT2D eigenvalue weighted by molar-refractivity contribution is 9.09. The molecule has 0 aliphatic heterocycles. The van der Waals surface area contributed by atoms with E-state index >= 15 is 0 Å². The highest BCUT2D eigenvalue weighted by Gasteiger charge is 1.97. The Morgan fingerprint density at radius 2 is 1.92 bits per heavy atom. The van der Waals surface area contributed by atoms with Crippen LogP contribution in [0.5, 0.6) is 5.75 Å². The van der Waals surface area contributed by atoms with E-state index in [0.717, 1.165) is 17.7 Å². The van der Waals surface area contributed by atoms with Crippen LogP contribution in [0.15, 0.2) is 24.3 Å². The van der Waals surface area contributed by atoms with Gasteiger partial charge in [0.25, 0.3) is 0 Å². The molecule has 0 fully saturated rings. The van der Waals surface area contributed by atoms with Crippen molar-refractivity contribution in [3.8, 4) is 5.75 Å². The van der Waals surface area contributed by atoms with Crippen LogP contribution in [0.3, 0.4) is 0 Å². The maximum absolute atomic E-state index is 5.08. The standard InChI is InChI=1S/C10H14BrNO/c1-12(8-11)7-9-3-5-10(13-2)6-4-9/h3-6H,7-8H2,1-2H3. The minimum Gasteiger partial charge on any atom is -0.497 e. The second-order valence-corrected chi connectivity index (χ2v) is 3.48. The minimum absolute atomic E-state index is 0.888. The summed E-state index contributed by atoms with van der Waals surface area (Å²) in [5.41, 5.74) is 2.18. The van der Waals surface area contributed by atoms with Gasteiger partial charge in [-0.1, -0.05) is 28.1 Å². The fourth-order valence-corrected chi connectivity index (χ4v) is 1.26. The smallest absolute Gasteiger partial charge is 0.118 e. The van der Waals surface area contributed by atoms with Gasteiger partial charge in [0.05, 0.1) is 12.6 Å². The lowest BCUT2D eigenvalue weighted by atomic mass is 10.2. The van der Waals surface area contributed by atoms with E-state index in [0.29, 0.717) is 0 Å². The zero-order valence-corrected chi connectivity index (χ0v) is 9.54. The highest BCUT2D eigenvalue weighted by atomic mass is 79.9. The molecule has 0 spiro atoms. The molecule has 0 N–H and O–H groups in total. The zero-order valence-electron chi connectivity index (χ0n) is 7.96. The molecule has 0 aromatic heterocycles. The van der Waals surface area contributed by atoms with Gasteiger partial charge in [0.1, 0.15) is 5.75 Å². The SMILES string of the molecule is COc1ccc(CN(C)CBr)cc1. The van der Waals surface area contributed by atoms with E-state index in [1.807, 2.05) is 12.1 Å². The molecule has 1 aromatic rings. The van der Waals surface area contributed by atoms with Crippen molar-refractivity contribution in [1.82, 2.24) is 4.90 Å². The Morgan fingerprint density at radius 1 is 1.31 bits per heavy atom. The first-order valence-corrected chi connectivity index (χ1v) is 5.26. The molecule has 0 aliphatic rings. The topological polar surface area (TPSA) is 12.5 Å². The molecule has 0 unspecified atom stereocenters. The van der Waals surface area contributed by atoms with Gasteiger partial charge in [0.2, 0.25) is 0 Å². The number of ether oxygens (including phenoxy) is 1. The third kappa shape index (κ3) is 3.36. The fraction of sp³-hybridized carbons (Fsp3) is 0.400. The molecular weight excluding hydrogens is 230 g/mol. The third-order valence-electron chi connectivity index (χ3n) is 1.82. The largest absolute Gasteiger partial charge is 0.497 e. The van der Waals surface area contributed by atoms with Crippen LogP contribution in [0.4, 0.5) is 0 Å². The average molecular weight is 244 g/mol. The van der Waals surface area contributed by atoms with Crippen molar-refractivity contribution in [2.24, 2.45) is 0 Å². The van der Waals surface area contributed by atoms with E-state index in [4.69, 9.17) is 4.74 Å².